The molecule has 0 amide bonds. The third-order valence-electron chi connectivity index (χ3n) is 2.38. The van der Waals surface area contributed by atoms with Crippen molar-refractivity contribution in [2.45, 2.75) is 17.7 Å². The van der Waals surface area contributed by atoms with Crippen LogP contribution in [-0.4, -0.2) is 40.5 Å². The molecule has 114 valence electrons. The Morgan fingerprint density at radius 3 is 2.65 bits per heavy atom. The fourth-order valence-electron chi connectivity index (χ4n) is 1.35. The fourth-order valence-corrected chi connectivity index (χ4v) is 4.11. The smallest absolute Gasteiger partial charge is 0.349 e. The van der Waals surface area contributed by atoms with Crippen molar-refractivity contribution in [3.63, 3.8) is 0 Å². The van der Waals surface area contributed by atoms with Gasteiger partial charge in [-0.3, -0.25) is 0 Å². The molecule has 0 unspecified atom stereocenters. The molecule has 6 nitrogen and oxygen atoms in total. The normalized spacial score (nSPS) is 12.4. The van der Waals surface area contributed by atoms with Gasteiger partial charge in [0.1, 0.15) is 9.77 Å². The van der Waals surface area contributed by atoms with Crippen LogP contribution >= 0.6 is 11.3 Å². The maximum absolute atomic E-state index is 13.0. The quantitative estimate of drug-likeness (QED) is 0.750. The van der Waals surface area contributed by atoms with Crippen molar-refractivity contribution < 1.29 is 26.7 Å². The zero-order valence-corrected chi connectivity index (χ0v) is 12.4. The molecule has 10 heteroatoms. The van der Waals surface area contributed by atoms with Crippen LogP contribution in [0.5, 0.6) is 0 Å². The number of rotatable bonds is 6. The minimum absolute atomic E-state index is 0.159. The third kappa shape index (κ3) is 3.72. The summed E-state index contributed by atoms with van der Waals surface area (Å²) >= 11 is 0.869. The van der Waals surface area contributed by atoms with E-state index >= 15 is 0 Å². The summed E-state index contributed by atoms with van der Waals surface area (Å²) in [6.45, 7) is -0.664. The first-order chi connectivity index (χ1) is 9.14. The molecule has 0 saturated carbocycles. The van der Waals surface area contributed by atoms with Gasteiger partial charge in [-0.1, -0.05) is 0 Å². The molecule has 0 fully saturated rings. The van der Waals surface area contributed by atoms with E-state index in [4.69, 9.17) is 5.73 Å². The van der Waals surface area contributed by atoms with Gasteiger partial charge in [-0.25, -0.2) is 26.7 Å². The van der Waals surface area contributed by atoms with Crippen LogP contribution in [0.1, 0.15) is 15.2 Å². The average molecular weight is 328 g/mol. The van der Waals surface area contributed by atoms with E-state index in [1.807, 2.05) is 0 Å². The van der Waals surface area contributed by atoms with E-state index in [1.165, 1.54) is 12.3 Å². The van der Waals surface area contributed by atoms with Crippen molar-refractivity contribution in [3.05, 3.63) is 15.8 Å². The largest absolute Gasteiger partial charge is 0.465 e. The number of carbonyl (C=O) groups excluding carboxylic acids is 1. The molecular weight excluding hydrogens is 314 g/mol. The topological polar surface area (TPSA) is 98.5 Å². The number of nitrogens with one attached hydrogen (secondary N) is 1. The van der Waals surface area contributed by atoms with Gasteiger partial charge < -0.3 is 10.5 Å². The van der Waals surface area contributed by atoms with Crippen LogP contribution in [-0.2, 0) is 14.8 Å². The Morgan fingerprint density at radius 1 is 1.55 bits per heavy atom. The Hall–Kier alpha value is -1.10. The summed E-state index contributed by atoms with van der Waals surface area (Å²) in [7, 11) is -3.15. The van der Waals surface area contributed by atoms with Gasteiger partial charge in [0, 0.05) is 0 Å². The lowest BCUT2D eigenvalue weighted by atomic mass is 10.3. The molecule has 1 heterocycles. The van der Waals surface area contributed by atoms with E-state index < -0.39 is 35.0 Å². The van der Waals surface area contributed by atoms with Gasteiger partial charge in [0.2, 0.25) is 10.0 Å². The second-order valence-electron chi connectivity index (χ2n) is 3.95. The molecule has 0 saturated heterocycles. The Morgan fingerprint density at radius 2 is 2.15 bits per heavy atom. The van der Waals surface area contributed by atoms with Crippen molar-refractivity contribution in [1.29, 1.82) is 0 Å². The van der Waals surface area contributed by atoms with E-state index in [-0.39, 0.29) is 15.3 Å². The molecule has 1 aromatic rings. The van der Waals surface area contributed by atoms with Crippen molar-refractivity contribution in [1.82, 2.24) is 4.72 Å². The van der Waals surface area contributed by atoms with Crippen molar-refractivity contribution in [2.75, 3.05) is 20.2 Å². The highest BCUT2D eigenvalue weighted by Crippen LogP contribution is 2.27. The van der Waals surface area contributed by atoms with Crippen LogP contribution < -0.4 is 10.5 Å². The van der Waals surface area contributed by atoms with Crippen LogP contribution in [0.25, 0.3) is 0 Å². The first kappa shape index (κ1) is 17.0. The molecule has 0 aliphatic heterocycles. The van der Waals surface area contributed by atoms with Crippen LogP contribution in [0.2, 0.25) is 0 Å². The molecule has 3 N–H and O–H groups in total. The number of halogens is 2. The minimum atomic E-state index is -4.25. The Kier molecular flexibility index (Phi) is 5.19. The number of methoxy groups -OCH3 is 1. The predicted octanol–water partition coefficient (Wildman–Crippen LogP) is 0.715. The standard InChI is InChI=1S/C10H14F2N2O4S2/c1-6-3-19-7(9(15)18-2)8(6)20(16,17)14-5-10(11,12)4-13/h3,14H,4-5,13H2,1-2H3. The van der Waals surface area contributed by atoms with Crippen LogP contribution in [0, 0.1) is 6.92 Å². The number of nitrogens with two attached hydrogens (primary N) is 1. The van der Waals surface area contributed by atoms with E-state index in [0.717, 1.165) is 18.4 Å². The van der Waals surface area contributed by atoms with Crippen LogP contribution in [0.3, 0.4) is 0 Å². The number of hydrogen-bond acceptors (Lipinski definition) is 6. The first-order valence-corrected chi connectivity index (χ1v) is 7.75. The number of thiophene rings is 1. The molecule has 0 aliphatic carbocycles. The van der Waals surface area contributed by atoms with Gasteiger partial charge >= 0.3 is 5.97 Å². The summed E-state index contributed by atoms with van der Waals surface area (Å²) in [6.07, 6.45) is 0. The maximum atomic E-state index is 13.0. The molecule has 0 spiro atoms. The van der Waals surface area contributed by atoms with Crippen LogP contribution in [0.15, 0.2) is 10.3 Å². The lowest BCUT2D eigenvalue weighted by molar-refractivity contribution is 0.0170. The zero-order chi connectivity index (χ0) is 15.6. The van der Waals surface area contributed by atoms with Crippen LogP contribution in [0.4, 0.5) is 8.78 Å². The monoisotopic (exact) mass is 328 g/mol. The summed E-state index contributed by atoms with van der Waals surface area (Å²) in [5.41, 5.74) is 5.10. The summed E-state index contributed by atoms with van der Waals surface area (Å²) in [5.74, 6) is -4.20. The number of alkyl halides is 2. The number of sulfonamides is 1. The Labute approximate surface area is 119 Å². The Balaban J connectivity index is 3.10. The van der Waals surface area contributed by atoms with E-state index in [9.17, 15) is 22.0 Å². The lowest BCUT2D eigenvalue weighted by Crippen LogP contribution is -2.41. The fraction of sp³-hybridized carbons (Fsp3) is 0.500. The van der Waals surface area contributed by atoms with Gasteiger partial charge in [0.15, 0.2) is 0 Å². The highest BCUT2D eigenvalue weighted by Gasteiger charge is 2.32. The zero-order valence-electron chi connectivity index (χ0n) is 10.8. The van der Waals surface area contributed by atoms with Gasteiger partial charge in [0.25, 0.3) is 5.92 Å². The average Bonchev–Trinajstić information content (AvgIpc) is 2.78. The molecule has 0 aliphatic rings. The van der Waals surface area contributed by atoms with E-state index in [0.29, 0.717) is 0 Å². The van der Waals surface area contributed by atoms with E-state index in [2.05, 4.69) is 4.74 Å². The van der Waals surface area contributed by atoms with Gasteiger partial charge in [-0.2, -0.15) is 0 Å². The third-order valence-corrected chi connectivity index (χ3v) is 5.17. The SMILES string of the molecule is COC(=O)c1scc(C)c1S(=O)(=O)NCC(F)(F)CN. The molecule has 20 heavy (non-hydrogen) atoms. The summed E-state index contributed by atoms with van der Waals surface area (Å²) in [5, 5.41) is 1.43. The van der Waals surface area contributed by atoms with Gasteiger partial charge in [-0.15, -0.1) is 11.3 Å². The number of ether oxygens (including phenoxy) is 1. The highest BCUT2D eigenvalue weighted by atomic mass is 32.2. The maximum Gasteiger partial charge on any atom is 0.349 e. The highest BCUT2D eigenvalue weighted by molar-refractivity contribution is 7.89. The van der Waals surface area contributed by atoms with E-state index in [1.54, 1.807) is 4.72 Å². The van der Waals surface area contributed by atoms with Crippen molar-refractivity contribution >= 4 is 27.3 Å². The summed E-state index contributed by atoms with van der Waals surface area (Å²) in [4.78, 5) is 11.0. The van der Waals surface area contributed by atoms with Gasteiger partial charge in [0.05, 0.1) is 20.2 Å². The molecule has 1 aromatic heterocycles. The van der Waals surface area contributed by atoms with Crippen molar-refractivity contribution in [3.8, 4) is 0 Å². The molecule has 0 radical (unpaired) electrons. The molecule has 1 rings (SSSR count). The number of esters is 1. The lowest BCUT2D eigenvalue weighted by Gasteiger charge is -2.15. The summed E-state index contributed by atoms with van der Waals surface area (Å²) in [6, 6.07) is 0. The molecule has 0 atom stereocenters. The Bertz CT molecular complexity index is 598. The minimum Gasteiger partial charge on any atom is -0.465 e. The predicted molar refractivity (Wildman–Crippen MR) is 69.6 cm³/mol. The molecule has 0 bridgehead atoms. The number of carbonyl (C=O) groups is 1. The van der Waals surface area contributed by atoms with Crippen molar-refractivity contribution in [2.24, 2.45) is 5.73 Å². The second-order valence-corrected chi connectivity index (χ2v) is 6.54. The second kappa shape index (κ2) is 6.12. The molecular formula is C10H14F2N2O4S2. The molecule has 0 aromatic carbocycles. The number of hydrogen-bond donors (Lipinski definition) is 2. The first-order valence-electron chi connectivity index (χ1n) is 5.38. The summed E-state index contributed by atoms with van der Waals surface area (Å²) < 4.78 is 56.3. The number of aryl methyl sites for hydroxylation is 1. The van der Waals surface area contributed by atoms with Gasteiger partial charge in [-0.05, 0) is 17.9 Å².